The molecule has 0 spiro atoms. The molecule has 0 bridgehead atoms. The summed E-state index contributed by atoms with van der Waals surface area (Å²) in [6, 6.07) is 12.3. The van der Waals surface area contributed by atoms with Crippen molar-refractivity contribution in [3.63, 3.8) is 0 Å². The molecule has 88 valence electrons. The zero-order valence-electron chi connectivity index (χ0n) is 10.4. The number of rotatable bonds is 3. The highest BCUT2D eigenvalue weighted by molar-refractivity contribution is 5.16. The Morgan fingerprint density at radius 2 is 1.81 bits per heavy atom. The average molecular weight is 220 g/mol. The lowest BCUT2D eigenvalue weighted by atomic mass is 10.0. The lowest BCUT2D eigenvalue weighted by Gasteiger charge is -2.27. The minimum atomic E-state index is 0.601. The van der Waals surface area contributed by atoms with Gasteiger partial charge in [-0.2, -0.15) is 0 Å². The van der Waals surface area contributed by atoms with Crippen LogP contribution in [0.1, 0.15) is 31.4 Å². The fourth-order valence-corrected chi connectivity index (χ4v) is 2.60. The summed E-state index contributed by atoms with van der Waals surface area (Å²) >= 11 is 0. The van der Waals surface area contributed by atoms with E-state index in [4.69, 9.17) is 0 Å². The van der Waals surface area contributed by atoms with Crippen LogP contribution in [0.25, 0.3) is 0 Å². The summed E-state index contributed by atoms with van der Waals surface area (Å²) in [6.07, 6.45) is 2.73. The molecule has 1 aromatic rings. The molecule has 1 aliphatic heterocycles. The van der Waals surface area contributed by atoms with Gasteiger partial charge in [0.15, 0.2) is 0 Å². The van der Waals surface area contributed by atoms with E-state index in [2.05, 4.69) is 49.6 Å². The Labute approximate surface area is 98.7 Å². The van der Waals surface area contributed by atoms with Crippen molar-refractivity contribution in [3.8, 4) is 0 Å². The van der Waals surface area contributed by atoms with Gasteiger partial charge in [0.2, 0.25) is 0 Å². The molecule has 1 aliphatic rings. The number of nitrogens with one attached hydrogen (secondary N) is 1. The summed E-state index contributed by atoms with van der Waals surface area (Å²) in [5.74, 6) is 0. The Morgan fingerprint density at radius 1 is 1.19 bits per heavy atom. The minimum absolute atomic E-state index is 0.601. The van der Waals surface area contributed by atoms with Crippen LogP contribution in [0.15, 0.2) is 30.3 Å². The Kier molecular flexibility index (Phi) is 3.97. The first kappa shape index (κ1) is 11.6. The van der Waals surface area contributed by atoms with Gasteiger partial charge in [0.1, 0.15) is 6.04 Å². The van der Waals surface area contributed by atoms with Gasteiger partial charge in [-0.05, 0) is 6.92 Å². The van der Waals surface area contributed by atoms with Crippen LogP contribution in [0, 0.1) is 0 Å². The first-order valence-corrected chi connectivity index (χ1v) is 6.47. The van der Waals surface area contributed by atoms with E-state index in [9.17, 15) is 0 Å². The Balaban J connectivity index is 1.86. The first-order chi connectivity index (χ1) is 7.75. The molecule has 3 N–H and O–H groups in total. The SMILES string of the molecule is C[C@@H]([NH2+]C1CC[NH+](C)CC1)c1ccccc1. The van der Waals surface area contributed by atoms with E-state index < -0.39 is 0 Å². The van der Waals surface area contributed by atoms with Gasteiger partial charge >= 0.3 is 0 Å². The van der Waals surface area contributed by atoms with Gasteiger partial charge in [-0.15, -0.1) is 0 Å². The van der Waals surface area contributed by atoms with Crippen molar-refractivity contribution >= 4 is 0 Å². The highest BCUT2D eigenvalue weighted by Crippen LogP contribution is 2.07. The van der Waals surface area contributed by atoms with Crippen LogP contribution in [0.5, 0.6) is 0 Å². The standard InChI is InChI=1S/C14H22N2/c1-12(13-6-4-3-5-7-13)15-14-8-10-16(2)11-9-14/h3-7,12,14-15H,8-11H2,1-2H3/p+2/t12-/m1/s1. The van der Waals surface area contributed by atoms with Crippen LogP contribution in [0.3, 0.4) is 0 Å². The summed E-state index contributed by atoms with van der Waals surface area (Å²) in [4.78, 5) is 1.69. The van der Waals surface area contributed by atoms with Crippen LogP contribution in [-0.4, -0.2) is 26.2 Å². The van der Waals surface area contributed by atoms with Crippen LogP contribution in [0.4, 0.5) is 0 Å². The lowest BCUT2D eigenvalue weighted by molar-refractivity contribution is -0.895. The molecule has 2 rings (SSSR count). The summed E-state index contributed by atoms with van der Waals surface area (Å²) in [5.41, 5.74) is 1.45. The summed E-state index contributed by atoms with van der Waals surface area (Å²) in [5, 5.41) is 2.56. The number of likely N-dealkylation sites (tertiary alicyclic amines) is 1. The number of piperidine rings is 1. The average Bonchev–Trinajstić information content (AvgIpc) is 2.33. The van der Waals surface area contributed by atoms with E-state index in [0.717, 1.165) is 6.04 Å². The van der Waals surface area contributed by atoms with Crippen molar-refractivity contribution < 1.29 is 10.2 Å². The van der Waals surface area contributed by atoms with Crippen LogP contribution in [0.2, 0.25) is 0 Å². The monoisotopic (exact) mass is 220 g/mol. The van der Waals surface area contributed by atoms with Gasteiger partial charge in [-0.3, -0.25) is 0 Å². The van der Waals surface area contributed by atoms with Gasteiger partial charge < -0.3 is 10.2 Å². The maximum atomic E-state index is 2.56. The van der Waals surface area contributed by atoms with Gasteiger partial charge in [-0.1, -0.05) is 30.3 Å². The smallest absolute Gasteiger partial charge is 0.109 e. The van der Waals surface area contributed by atoms with Gasteiger partial charge in [0.05, 0.1) is 26.2 Å². The summed E-state index contributed by atoms with van der Waals surface area (Å²) in [6.45, 7) is 4.99. The van der Waals surface area contributed by atoms with Crippen LogP contribution < -0.4 is 10.2 Å². The second-order valence-corrected chi connectivity index (χ2v) is 5.19. The number of quaternary nitrogens is 2. The molecule has 0 radical (unpaired) electrons. The molecule has 0 saturated carbocycles. The van der Waals surface area contributed by atoms with Crippen LogP contribution in [-0.2, 0) is 0 Å². The second kappa shape index (κ2) is 5.46. The molecule has 2 heteroatoms. The summed E-state index contributed by atoms with van der Waals surface area (Å²) < 4.78 is 0. The molecule has 1 fully saturated rings. The largest absolute Gasteiger partial charge is 0.337 e. The number of hydrogen-bond donors (Lipinski definition) is 2. The Morgan fingerprint density at radius 3 is 2.44 bits per heavy atom. The second-order valence-electron chi connectivity index (χ2n) is 5.19. The molecule has 1 heterocycles. The van der Waals surface area contributed by atoms with E-state index in [1.807, 2.05) is 0 Å². The number of benzene rings is 1. The van der Waals surface area contributed by atoms with Crippen molar-refractivity contribution in [2.24, 2.45) is 0 Å². The summed E-state index contributed by atoms with van der Waals surface area (Å²) in [7, 11) is 2.30. The zero-order valence-corrected chi connectivity index (χ0v) is 10.4. The van der Waals surface area contributed by atoms with Gasteiger partial charge in [-0.25, -0.2) is 0 Å². The molecule has 1 aromatic carbocycles. The molecule has 0 aromatic heterocycles. The fraction of sp³-hybridized carbons (Fsp3) is 0.571. The van der Waals surface area contributed by atoms with Crippen LogP contribution >= 0.6 is 0 Å². The van der Waals surface area contributed by atoms with E-state index >= 15 is 0 Å². The quantitative estimate of drug-likeness (QED) is 0.715. The zero-order chi connectivity index (χ0) is 11.4. The van der Waals surface area contributed by atoms with E-state index in [-0.39, 0.29) is 0 Å². The molecular weight excluding hydrogens is 196 g/mol. The molecule has 16 heavy (non-hydrogen) atoms. The Bertz CT molecular complexity index is 302. The number of hydrogen-bond acceptors (Lipinski definition) is 0. The first-order valence-electron chi connectivity index (χ1n) is 6.47. The molecule has 1 atom stereocenters. The number of nitrogens with two attached hydrogens (primary N) is 1. The van der Waals surface area contributed by atoms with E-state index in [1.54, 1.807) is 4.90 Å². The van der Waals surface area contributed by atoms with Gasteiger partial charge in [0.25, 0.3) is 0 Å². The van der Waals surface area contributed by atoms with Gasteiger partial charge in [0, 0.05) is 18.4 Å². The molecular formula is C14H24N2+2. The predicted octanol–water partition coefficient (Wildman–Crippen LogP) is -0.0119. The topological polar surface area (TPSA) is 21.1 Å². The fourth-order valence-electron chi connectivity index (χ4n) is 2.60. The lowest BCUT2D eigenvalue weighted by Crippen LogP contribution is -3.12. The van der Waals surface area contributed by atoms with Crippen molar-refractivity contribution in [1.29, 1.82) is 0 Å². The highest BCUT2D eigenvalue weighted by atomic mass is 15.1. The molecule has 0 unspecified atom stereocenters. The van der Waals surface area contributed by atoms with E-state index in [0.29, 0.717) is 6.04 Å². The van der Waals surface area contributed by atoms with E-state index in [1.165, 1.54) is 31.5 Å². The maximum Gasteiger partial charge on any atom is 0.109 e. The predicted molar refractivity (Wildman–Crippen MR) is 66.4 cm³/mol. The third-order valence-electron chi connectivity index (χ3n) is 3.77. The maximum absolute atomic E-state index is 2.56. The van der Waals surface area contributed by atoms with Crippen molar-refractivity contribution in [2.75, 3.05) is 20.1 Å². The minimum Gasteiger partial charge on any atom is -0.337 e. The highest BCUT2D eigenvalue weighted by Gasteiger charge is 2.24. The molecule has 2 nitrogen and oxygen atoms in total. The Hall–Kier alpha value is -0.860. The van der Waals surface area contributed by atoms with Crippen molar-refractivity contribution in [3.05, 3.63) is 35.9 Å². The third kappa shape index (κ3) is 3.06. The molecule has 0 aliphatic carbocycles. The molecule has 1 saturated heterocycles. The van der Waals surface area contributed by atoms with Crippen molar-refractivity contribution in [1.82, 2.24) is 0 Å². The normalized spacial score (nSPS) is 27.6. The van der Waals surface area contributed by atoms with Crippen molar-refractivity contribution in [2.45, 2.75) is 31.8 Å². The third-order valence-corrected chi connectivity index (χ3v) is 3.77. The molecule has 0 amide bonds.